The Labute approximate surface area is 301 Å². The van der Waals surface area contributed by atoms with Gasteiger partial charge in [-0.05, 0) is 87.1 Å². The van der Waals surface area contributed by atoms with Gasteiger partial charge in [0.1, 0.15) is 24.6 Å². The summed E-state index contributed by atoms with van der Waals surface area (Å²) in [7, 11) is 0. The predicted octanol–water partition coefficient (Wildman–Crippen LogP) is 8.70. The third-order valence-electron chi connectivity index (χ3n) is 8.01. The van der Waals surface area contributed by atoms with Crippen molar-refractivity contribution >= 4 is 64.0 Å². The number of aliphatic hydroxyl groups excluding tert-OH is 1. The van der Waals surface area contributed by atoms with E-state index < -0.39 is 24.3 Å². The van der Waals surface area contributed by atoms with Gasteiger partial charge < -0.3 is 24.2 Å². The second-order valence-corrected chi connectivity index (χ2v) is 14.3. The smallest absolute Gasteiger partial charge is 0.410 e. The summed E-state index contributed by atoms with van der Waals surface area (Å²) in [5, 5.41) is 12.4. The molecule has 3 aromatic carbocycles. The van der Waals surface area contributed by atoms with Crippen LogP contribution in [0.1, 0.15) is 51.2 Å². The van der Waals surface area contributed by atoms with Crippen LogP contribution in [0.5, 0.6) is 11.5 Å². The summed E-state index contributed by atoms with van der Waals surface area (Å²) in [5.41, 5.74) is 1.83. The van der Waals surface area contributed by atoms with Gasteiger partial charge in [0.25, 0.3) is 5.91 Å². The molecule has 48 heavy (non-hydrogen) atoms. The first-order valence-corrected chi connectivity index (χ1v) is 17.3. The van der Waals surface area contributed by atoms with Crippen LogP contribution in [0.2, 0.25) is 20.1 Å². The molecule has 3 aromatic rings. The van der Waals surface area contributed by atoms with E-state index in [0.29, 0.717) is 49.1 Å². The molecular weight excluding hydrogens is 698 g/mol. The number of halogens is 4. The number of carbonyl (C=O) groups is 2. The Kier molecular flexibility index (Phi) is 11.8. The number of carbonyl (C=O) groups excluding carboxylic acids is 2. The number of amides is 2. The standard InChI is InChI=1S/C36H38Cl4N2O6/c1-36(2,3)48-35(45)41-17-16-26(22-10-14-25(15-11-22)46-18-19-47-33-28(38)8-5-9-29(33)39)31(30(41)21-43)34(44)42(24-12-13-24)20-23-6-4-7-27(37)32(23)40/h4-11,14-15,24,30,43H,12-13,16-21H2,1-3H3/t30-/m1/s1. The minimum atomic E-state index is -0.920. The highest BCUT2D eigenvalue weighted by Gasteiger charge is 2.42. The highest BCUT2D eigenvalue weighted by Crippen LogP contribution is 2.39. The van der Waals surface area contributed by atoms with Gasteiger partial charge in [0.05, 0.1) is 32.7 Å². The van der Waals surface area contributed by atoms with Crippen LogP contribution in [-0.2, 0) is 16.1 Å². The molecule has 5 rings (SSSR count). The van der Waals surface area contributed by atoms with E-state index in [0.717, 1.165) is 24.0 Å². The van der Waals surface area contributed by atoms with E-state index in [4.69, 9.17) is 60.6 Å². The summed E-state index contributed by atoms with van der Waals surface area (Å²) >= 11 is 25.2. The Morgan fingerprint density at radius 2 is 1.52 bits per heavy atom. The highest BCUT2D eigenvalue weighted by molar-refractivity contribution is 6.42. The highest BCUT2D eigenvalue weighted by atomic mass is 35.5. The van der Waals surface area contributed by atoms with E-state index in [1.165, 1.54) is 4.90 Å². The molecule has 1 aliphatic carbocycles. The van der Waals surface area contributed by atoms with Gasteiger partial charge in [-0.15, -0.1) is 0 Å². The first-order chi connectivity index (χ1) is 22.9. The van der Waals surface area contributed by atoms with Crippen LogP contribution < -0.4 is 9.47 Å². The van der Waals surface area contributed by atoms with E-state index in [-0.39, 0.29) is 38.3 Å². The molecule has 2 aliphatic rings. The Bertz CT molecular complexity index is 1650. The maximum atomic E-state index is 14.6. The Morgan fingerprint density at radius 1 is 0.896 bits per heavy atom. The summed E-state index contributed by atoms with van der Waals surface area (Å²) in [6.07, 6.45) is 1.46. The SMILES string of the molecule is CC(C)(C)OC(=O)N1CCC(c2ccc(OCCOc3c(Cl)cccc3Cl)cc2)=C(C(=O)N(Cc2cccc(Cl)c2Cl)C2CC2)[C@H]1CO. The Morgan fingerprint density at radius 3 is 2.15 bits per heavy atom. The first kappa shape index (κ1) is 36.1. The van der Waals surface area contributed by atoms with Gasteiger partial charge >= 0.3 is 6.09 Å². The molecule has 8 nitrogen and oxygen atoms in total. The quantitative estimate of drug-likeness (QED) is 0.198. The number of para-hydroxylation sites is 1. The molecule has 1 N–H and O–H groups in total. The van der Waals surface area contributed by atoms with E-state index in [1.54, 1.807) is 56.0 Å². The van der Waals surface area contributed by atoms with Gasteiger partial charge in [-0.25, -0.2) is 4.79 Å². The van der Waals surface area contributed by atoms with Gasteiger partial charge in [-0.3, -0.25) is 9.69 Å². The van der Waals surface area contributed by atoms with E-state index in [1.807, 2.05) is 30.3 Å². The maximum Gasteiger partial charge on any atom is 0.410 e. The molecule has 0 saturated heterocycles. The van der Waals surface area contributed by atoms with Crippen molar-refractivity contribution in [2.75, 3.05) is 26.4 Å². The summed E-state index contributed by atoms with van der Waals surface area (Å²) in [6.45, 7) is 5.84. The van der Waals surface area contributed by atoms with Crippen LogP contribution in [-0.4, -0.2) is 71.0 Å². The number of aliphatic hydroxyl groups is 1. The minimum Gasteiger partial charge on any atom is -0.490 e. The van der Waals surface area contributed by atoms with Gasteiger partial charge in [0.15, 0.2) is 5.75 Å². The number of rotatable bonds is 11. The summed E-state index contributed by atoms with van der Waals surface area (Å²) in [4.78, 5) is 31.2. The van der Waals surface area contributed by atoms with Gasteiger partial charge in [0.2, 0.25) is 0 Å². The number of nitrogens with zero attached hydrogens (tertiary/aromatic N) is 2. The van der Waals surface area contributed by atoms with Crippen LogP contribution >= 0.6 is 46.4 Å². The number of hydrogen-bond donors (Lipinski definition) is 1. The molecule has 0 radical (unpaired) electrons. The Balaban J connectivity index is 1.42. The average molecular weight is 737 g/mol. The van der Waals surface area contributed by atoms with Gasteiger partial charge in [-0.1, -0.05) is 76.7 Å². The molecule has 1 aliphatic heterocycles. The van der Waals surface area contributed by atoms with E-state index >= 15 is 0 Å². The second-order valence-electron chi connectivity index (χ2n) is 12.7. The summed E-state index contributed by atoms with van der Waals surface area (Å²) < 4.78 is 17.3. The van der Waals surface area contributed by atoms with Crippen molar-refractivity contribution in [3.05, 3.63) is 97.5 Å². The number of ether oxygens (including phenoxy) is 3. The number of hydrogen-bond acceptors (Lipinski definition) is 6. The summed E-state index contributed by atoms with van der Waals surface area (Å²) in [6, 6.07) is 16.9. The molecule has 2 amide bonds. The zero-order valence-electron chi connectivity index (χ0n) is 27.0. The fraction of sp³-hybridized carbons (Fsp3) is 0.389. The largest absolute Gasteiger partial charge is 0.490 e. The van der Waals surface area contributed by atoms with Crippen LogP contribution in [0.3, 0.4) is 0 Å². The summed E-state index contributed by atoms with van der Waals surface area (Å²) in [5.74, 6) is 0.727. The van der Waals surface area contributed by atoms with Crippen molar-refractivity contribution in [1.82, 2.24) is 9.80 Å². The third kappa shape index (κ3) is 8.71. The molecule has 0 spiro atoms. The van der Waals surface area contributed by atoms with Crippen LogP contribution in [0, 0.1) is 0 Å². The molecule has 1 fully saturated rings. The van der Waals surface area contributed by atoms with Crippen LogP contribution in [0.25, 0.3) is 5.57 Å². The zero-order valence-corrected chi connectivity index (χ0v) is 30.0. The average Bonchev–Trinajstić information content (AvgIpc) is 3.89. The van der Waals surface area contributed by atoms with Crippen LogP contribution in [0.4, 0.5) is 4.79 Å². The van der Waals surface area contributed by atoms with Crippen molar-refractivity contribution in [2.45, 2.75) is 64.3 Å². The molecule has 0 bridgehead atoms. The normalized spacial score (nSPS) is 16.5. The van der Waals surface area contributed by atoms with Crippen molar-refractivity contribution in [2.24, 2.45) is 0 Å². The first-order valence-electron chi connectivity index (χ1n) is 15.8. The molecule has 256 valence electrons. The number of benzene rings is 3. The lowest BCUT2D eigenvalue weighted by atomic mass is 9.87. The lowest BCUT2D eigenvalue weighted by Crippen LogP contribution is -2.52. The van der Waals surface area contributed by atoms with E-state index in [9.17, 15) is 14.7 Å². The Hall–Kier alpha value is -3.14. The fourth-order valence-electron chi connectivity index (χ4n) is 5.62. The molecule has 12 heteroatoms. The van der Waals surface area contributed by atoms with Gasteiger partial charge in [0, 0.05) is 24.7 Å². The lowest BCUT2D eigenvalue weighted by molar-refractivity contribution is -0.129. The van der Waals surface area contributed by atoms with Crippen molar-refractivity contribution in [3.8, 4) is 11.5 Å². The van der Waals surface area contributed by atoms with Crippen molar-refractivity contribution < 1.29 is 28.9 Å². The molecule has 0 unspecified atom stereocenters. The van der Waals surface area contributed by atoms with Crippen molar-refractivity contribution in [1.29, 1.82) is 0 Å². The molecule has 1 saturated carbocycles. The molecule has 1 heterocycles. The lowest BCUT2D eigenvalue weighted by Gasteiger charge is -2.39. The van der Waals surface area contributed by atoms with E-state index in [2.05, 4.69) is 0 Å². The predicted molar refractivity (Wildman–Crippen MR) is 189 cm³/mol. The van der Waals surface area contributed by atoms with Crippen LogP contribution in [0.15, 0.2) is 66.2 Å². The van der Waals surface area contributed by atoms with Gasteiger partial charge in [-0.2, -0.15) is 0 Å². The third-order valence-corrected chi connectivity index (χ3v) is 9.46. The zero-order chi connectivity index (χ0) is 34.6. The fourth-order valence-corrected chi connectivity index (χ4v) is 6.50. The molecule has 0 aromatic heterocycles. The maximum absolute atomic E-state index is 14.6. The monoisotopic (exact) mass is 734 g/mol. The topological polar surface area (TPSA) is 88.5 Å². The van der Waals surface area contributed by atoms with Crippen molar-refractivity contribution in [3.63, 3.8) is 0 Å². The second kappa shape index (κ2) is 15.6. The minimum absolute atomic E-state index is 0.00353. The molecular formula is C36H38Cl4N2O6. The molecule has 1 atom stereocenters.